The molecular weight excluding hydrogens is 315 g/mol. The van der Waals surface area contributed by atoms with Crippen molar-refractivity contribution in [2.45, 2.75) is 26.8 Å². The van der Waals surface area contributed by atoms with E-state index in [-0.39, 0.29) is 17.3 Å². The molecule has 1 heterocycles. The molecule has 0 radical (unpaired) electrons. The van der Waals surface area contributed by atoms with E-state index in [1.807, 2.05) is 4.57 Å². The van der Waals surface area contributed by atoms with Crippen LogP contribution in [0.5, 0.6) is 0 Å². The Bertz CT molecular complexity index is 756. The third-order valence-corrected chi connectivity index (χ3v) is 5.36. The molecule has 7 heteroatoms. The van der Waals surface area contributed by atoms with E-state index < -0.39 is 9.84 Å². The maximum absolute atomic E-state index is 13.6. The number of aryl methyl sites for hydroxylation is 3. The van der Waals surface area contributed by atoms with Crippen LogP contribution in [0.1, 0.15) is 18.3 Å². The summed E-state index contributed by atoms with van der Waals surface area (Å²) in [7, 11) is -3.07. The quantitative estimate of drug-likeness (QED) is 0.764. The van der Waals surface area contributed by atoms with Gasteiger partial charge in [-0.15, -0.1) is 11.6 Å². The van der Waals surface area contributed by atoms with Crippen LogP contribution in [0.2, 0.25) is 0 Å². The number of fused-ring (bicyclic) bond motifs is 1. The van der Waals surface area contributed by atoms with Crippen molar-refractivity contribution in [3.8, 4) is 0 Å². The summed E-state index contributed by atoms with van der Waals surface area (Å²) in [6, 6.07) is 3.08. The van der Waals surface area contributed by atoms with Gasteiger partial charge in [0.2, 0.25) is 0 Å². The van der Waals surface area contributed by atoms with E-state index in [1.165, 1.54) is 6.07 Å². The third-order valence-electron chi connectivity index (χ3n) is 3.49. The second kappa shape index (κ2) is 6.32. The first-order valence-electron chi connectivity index (χ1n) is 6.79. The van der Waals surface area contributed by atoms with Gasteiger partial charge in [-0.05, 0) is 18.6 Å². The van der Waals surface area contributed by atoms with Crippen molar-refractivity contribution in [2.75, 3.05) is 17.4 Å². The molecule has 2 rings (SSSR count). The minimum Gasteiger partial charge on any atom is -0.327 e. The molecule has 0 aliphatic heterocycles. The van der Waals surface area contributed by atoms with Gasteiger partial charge in [0.1, 0.15) is 11.6 Å². The van der Waals surface area contributed by atoms with Gasteiger partial charge >= 0.3 is 0 Å². The van der Waals surface area contributed by atoms with Gasteiger partial charge in [-0.1, -0.05) is 6.92 Å². The van der Waals surface area contributed by atoms with Crippen LogP contribution in [0.15, 0.2) is 12.1 Å². The molecule has 0 amide bonds. The standard InChI is InChI=1S/C14H18ClFN2O2S/c1-3-21(19,20)7-6-18-13-8-10(2)11(16)9-12(13)17-14(18)4-5-15/h8-9H,3-7H2,1-2H3. The molecule has 0 bridgehead atoms. The Morgan fingerprint density at radius 3 is 2.71 bits per heavy atom. The zero-order valence-electron chi connectivity index (χ0n) is 12.1. The number of imidazole rings is 1. The van der Waals surface area contributed by atoms with Crippen LogP contribution in [0.25, 0.3) is 11.0 Å². The van der Waals surface area contributed by atoms with Crippen molar-refractivity contribution in [3.05, 3.63) is 29.3 Å². The molecule has 1 aromatic heterocycles. The summed E-state index contributed by atoms with van der Waals surface area (Å²) in [5.41, 5.74) is 1.80. The first-order chi connectivity index (χ1) is 9.88. The molecule has 1 aromatic carbocycles. The van der Waals surface area contributed by atoms with E-state index in [9.17, 15) is 12.8 Å². The predicted molar refractivity (Wildman–Crippen MR) is 83.2 cm³/mol. The number of halogens is 2. The molecule has 0 N–H and O–H groups in total. The predicted octanol–water partition coefficient (Wildman–Crippen LogP) is 2.70. The summed E-state index contributed by atoms with van der Waals surface area (Å²) in [6.07, 6.45) is 0.517. The first kappa shape index (κ1) is 16.2. The van der Waals surface area contributed by atoms with Crippen LogP contribution in [0.4, 0.5) is 4.39 Å². The summed E-state index contributed by atoms with van der Waals surface area (Å²) in [6.45, 7) is 3.61. The van der Waals surface area contributed by atoms with Crippen molar-refractivity contribution in [3.63, 3.8) is 0 Å². The normalized spacial score (nSPS) is 12.2. The molecule has 0 aliphatic carbocycles. The Balaban J connectivity index is 2.48. The lowest BCUT2D eigenvalue weighted by Crippen LogP contribution is -2.16. The summed E-state index contributed by atoms with van der Waals surface area (Å²) >= 11 is 5.77. The van der Waals surface area contributed by atoms with Crippen molar-refractivity contribution >= 4 is 32.5 Å². The zero-order valence-corrected chi connectivity index (χ0v) is 13.6. The Morgan fingerprint density at radius 2 is 2.10 bits per heavy atom. The lowest BCUT2D eigenvalue weighted by Gasteiger charge is -2.09. The van der Waals surface area contributed by atoms with E-state index in [0.29, 0.717) is 35.8 Å². The maximum atomic E-state index is 13.6. The summed E-state index contributed by atoms with van der Waals surface area (Å²) in [5, 5.41) is 0. The molecule has 0 saturated carbocycles. The number of sulfone groups is 1. The van der Waals surface area contributed by atoms with Crippen molar-refractivity contribution < 1.29 is 12.8 Å². The van der Waals surface area contributed by atoms with Gasteiger partial charge in [0.15, 0.2) is 9.84 Å². The molecule has 0 atom stereocenters. The Kier molecular flexibility index (Phi) is 4.88. The molecule has 21 heavy (non-hydrogen) atoms. The van der Waals surface area contributed by atoms with E-state index >= 15 is 0 Å². The minimum atomic E-state index is -3.07. The second-order valence-electron chi connectivity index (χ2n) is 4.95. The molecule has 0 fully saturated rings. The number of rotatable bonds is 6. The van der Waals surface area contributed by atoms with E-state index in [0.717, 1.165) is 5.52 Å². The topological polar surface area (TPSA) is 52.0 Å². The largest absolute Gasteiger partial charge is 0.327 e. The summed E-state index contributed by atoms with van der Waals surface area (Å²) in [5.74, 6) is 0.909. The number of hydrogen-bond acceptors (Lipinski definition) is 3. The Labute approximate surface area is 128 Å². The van der Waals surface area contributed by atoms with Gasteiger partial charge in [0.25, 0.3) is 0 Å². The third kappa shape index (κ3) is 3.55. The lowest BCUT2D eigenvalue weighted by atomic mass is 10.2. The van der Waals surface area contributed by atoms with Crippen molar-refractivity contribution in [1.82, 2.24) is 9.55 Å². The van der Waals surface area contributed by atoms with Gasteiger partial charge < -0.3 is 4.57 Å². The monoisotopic (exact) mass is 332 g/mol. The summed E-state index contributed by atoms with van der Waals surface area (Å²) < 4.78 is 38.9. The number of aromatic nitrogens is 2. The fourth-order valence-electron chi connectivity index (χ4n) is 2.20. The van der Waals surface area contributed by atoms with Crippen molar-refractivity contribution in [1.29, 1.82) is 0 Å². The average molecular weight is 333 g/mol. The highest BCUT2D eigenvalue weighted by atomic mass is 35.5. The lowest BCUT2D eigenvalue weighted by molar-refractivity contribution is 0.589. The van der Waals surface area contributed by atoms with E-state index in [1.54, 1.807) is 19.9 Å². The van der Waals surface area contributed by atoms with Gasteiger partial charge in [0.05, 0.1) is 16.8 Å². The van der Waals surface area contributed by atoms with Gasteiger partial charge in [-0.3, -0.25) is 0 Å². The highest BCUT2D eigenvalue weighted by molar-refractivity contribution is 7.91. The Morgan fingerprint density at radius 1 is 1.38 bits per heavy atom. The average Bonchev–Trinajstić information content (AvgIpc) is 2.75. The number of hydrogen-bond donors (Lipinski definition) is 0. The van der Waals surface area contributed by atoms with Crippen LogP contribution in [-0.2, 0) is 22.8 Å². The minimum absolute atomic E-state index is 0.0423. The first-order valence-corrected chi connectivity index (χ1v) is 9.15. The molecule has 0 unspecified atom stereocenters. The molecule has 0 saturated heterocycles. The second-order valence-corrected chi connectivity index (χ2v) is 7.80. The van der Waals surface area contributed by atoms with Crippen LogP contribution in [0, 0.1) is 12.7 Å². The van der Waals surface area contributed by atoms with Crippen LogP contribution in [0.3, 0.4) is 0 Å². The van der Waals surface area contributed by atoms with Gasteiger partial charge in [-0.25, -0.2) is 17.8 Å². The summed E-state index contributed by atoms with van der Waals surface area (Å²) in [4.78, 5) is 4.37. The molecule has 4 nitrogen and oxygen atoms in total. The van der Waals surface area contributed by atoms with Crippen LogP contribution >= 0.6 is 11.6 Å². The number of benzene rings is 1. The molecular formula is C14H18ClFN2O2S. The number of nitrogens with zero attached hydrogens (tertiary/aromatic N) is 2. The van der Waals surface area contributed by atoms with Gasteiger partial charge in [-0.2, -0.15) is 0 Å². The molecule has 0 aliphatic rings. The highest BCUT2D eigenvalue weighted by Gasteiger charge is 2.15. The van der Waals surface area contributed by atoms with Crippen molar-refractivity contribution in [2.24, 2.45) is 0 Å². The smallest absolute Gasteiger partial charge is 0.151 e. The molecule has 2 aromatic rings. The van der Waals surface area contributed by atoms with Gasteiger partial charge in [0, 0.05) is 30.7 Å². The van der Waals surface area contributed by atoms with E-state index in [2.05, 4.69) is 4.98 Å². The van der Waals surface area contributed by atoms with E-state index in [4.69, 9.17) is 11.6 Å². The molecule has 116 valence electrons. The molecule has 0 spiro atoms. The van der Waals surface area contributed by atoms with Crippen LogP contribution in [-0.4, -0.2) is 35.4 Å². The SMILES string of the molecule is CCS(=O)(=O)CCn1c(CCCl)nc2cc(F)c(C)cc21. The van der Waals surface area contributed by atoms with Crippen LogP contribution < -0.4 is 0 Å². The Hall–Kier alpha value is -1.14. The fourth-order valence-corrected chi connectivity index (χ4v) is 3.12. The fraction of sp³-hybridized carbons (Fsp3) is 0.500. The zero-order chi connectivity index (χ0) is 15.6. The number of alkyl halides is 1. The highest BCUT2D eigenvalue weighted by Crippen LogP contribution is 2.21. The maximum Gasteiger partial charge on any atom is 0.151 e.